The van der Waals surface area contributed by atoms with Gasteiger partial charge in [0.25, 0.3) is 0 Å². The third-order valence-corrected chi connectivity index (χ3v) is 3.47. The van der Waals surface area contributed by atoms with E-state index in [-0.39, 0.29) is 16.3 Å². The Bertz CT molecular complexity index is 803. The van der Waals surface area contributed by atoms with Gasteiger partial charge < -0.3 is 9.47 Å². The summed E-state index contributed by atoms with van der Waals surface area (Å²) in [6.45, 7) is -0.501. The lowest BCUT2D eigenvalue weighted by atomic mass is 9.97. The van der Waals surface area contributed by atoms with Crippen molar-refractivity contribution in [2.45, 2.75) is 6.18 Å². The zero-order valence-corrected chi connectivity index (χ0v) is 13.6. The highest BCUT2D eigenvalue weighted by atomic mass is 35.5. The van der Waals surface area contributed by atoms with Gasteiger partial charge in [0.2, 0.25) is 0 Å². The van der Waals surface area contributed by atoms with Crippen LogP contribution in [0, 0.1) is 0 Å². The largest absolute Gasteiger partial charge is 0.481 e. The van der Waals surface area contributed by atoms with E-state index in [1.165, 1.54) is 30.3 Å². The van der Waals surface area contributed by atoms with E-state index in [1.54, 1.807) is 0 Å². The van der Waals surface area contributed by atoms with Crippen LogP contribution in [0.4, 0.5) is 13.2 Å². The lowest BCUT2D eigenvalue weighted by Gasteiger charge is -2.14. The predicted molar refractivity (Wildman–Crippen MR) is 83.8 cm³/mol. The molecule has 0 amide bonds. The zero-order valence-electron chi connectivity index (χ0n) is 12.9. The van der Waals surface area contributed by atoms with Crippen molar-refractivity contribution in [2.75, 3.05) is 13.7 Å². The molecule has 132 valence electrons. The second-order valence-corrected chi connectivity index (χ2v) is 5.31. The van der Waals surface area contributed by atoms with E-state index in [9.17, 15) is 22.8 Å². The molecule has 0 unspecified atom stereocenters. The van der Waals surface area contributed by atoms with E-state index >= 15 is 0 Å². The monoisotopic (exact) mass is 372 g/mol. The fourth-order valence-electron chi connectivity index (χ4n) is 2.07. The van der Waals surface area contributed by atoms with E-state index in [4.69, 9.17) is 16.3 Å². The average molecular weight is 373 g/mol. The van der Waals surface area contributed by atoms with Crippen LogP contribution in [0.3, 0.4) is 0 Å². The number of hydrogen-bond acceptors (Lipinski definition) is 4. The van der Waals surface area contributed by atoms with Crippen molar-refractivity contribution in [1.82, 2.24) is 0 Å². The zero-order chi connectivity index (χ0) is 18.6. The van der Waals surface area contributed by atoms with Crippen molar-refractivity contribution in [2.24, 2.45) is 0 Å². The number of carbonyl (C=O) groups excluding carboxylic acids is 2. The van der Waals surface area contributed by atoms with E-state index in [0.29, 0.717) is 0 Å². The molecule has 8 heteroatoms. The maximum absolute atomic E-state index is 13.1. The maximum Gasteiger partial charge on any atom is 0.417 e. The molecule has 0 saturated heterocycles. The summed E-state index contributed by atoms with van der Waals surface area (Å²) < 4.78 is 49.0. The molecule has 0 spiro atoms. The molecule has 0 saturated carbocycles. The molecule has 0 aliphatic heterocycles. The highest BCUT2D eigenvalue weighted by Gasteiger charge is 2.35. The van der Waals surface area contributed by atoms with E-state index in [1.807, 2.05) is 0 Å². The highest BCUT2D eigenvalue weighted by molar-refractivity contribution is 6.31. The topological polar surface area (TPSA) is 52.6 Å². The number of hydrogen-bond donors (Lipinski definition) is 0. The number of esters is 1. The van der Waals surface area contributed by atoms with Crippen LogP contribution in [0.1, 0.15) is 21.5 Å². The molecule has 0 aromatic heterocycles. The minimum absolute atomic E-state index is 0.0724. The normalized spacial score (nSPS) is 11.1. The van der Waals surface area contributed by atoms with Gasteiger partial charge >= 0.3 is 12.1 Å². The molecule has 4 nitrogen and oxygen atoms in total. The molecule has 0 radical (unpaired) electrons. The van der Waals surface area contributed by atoms with E-state index in [2.05, 4.69) is 4.74 Å². The first kappa shape index (κ1) is 18.8. The number of halogens is 4. The fraction of sp³-hybridized carbons (Fsp3) is 0.176. The summed E-state index contributed by atoms with van der Waals surface area (Å²) in [6.07, 6.45) is -4.70. The van der Waals surface area contributed by atoms with Gasteiger partial charge in [-0.1, -0.05) is 29.8 Å². The number of alkyl halides is 3. The van der Waals surface area contributed by atoms with Crippen LogP contribution >= 0.6 is 11.6 Å². The summed E-state index contributed by atoms with van der Waals surface area (Å²) in [4.78, 5) is 23.8. The van der Waals surface area contributed by atoms with Crippen molar-refractivity contribution in [3.63, 3.8) is 0 Å². The average Bonchev–Trinajstić information content (AvgIpc) is 2.58. The van der Waals surface area contributed by atoms with Crippen molar-refractivity contribution in [1.29, 1.82) is 0 Å². The predicted octanol–water partition coefficient (Wildman–Crippen LogP) is 4.14. The molecule has 0 N–H and O–H groups in total. The van der Waals surface area contributed by atoms with Crippen LogP contribution in [0.5, 0.6) is 5.75 Å². The van der Waals surface area contributed by atoms with Gasteiger partial charge in [0.05, 0.1) is 18.2 Å². The molecule has 0 aliphatic rings. The second kappa shape index (κ2) is 7.57. The fourth-order valence-corrected chi connectivity index (χ4v) is 2.25. The number of benzene rings is 2. The van der Waals surface area contributed by atoms with Gasteiger partial charge in [-0.15, -0.1) is 0 Å². The lowest BCUT2D eigenvalue weighted by Crippen LogP contribution is -2.16. The van der Waals surface area contributed by atoms with Crippen molar-refractivity contribution in [3.05, 3.63) is 64.2 Å². The number of ketones is 1. The van der Waals surface area contributed by atoms with E-state index < -0.39 is 35.7 Å². The molecule has 0 heterocycles. The van der Waals surface area contributed by atoms with Gasteiger partial charge in [-0.2, -0.15) is 13.2 Å². The van der Waals surface area contributed by atoms with Crippen LogP contribution in [-0.2, 0) is 15.7 Å². The Morgan fingerprint density at radius 2 is 1.76 bits per heavy atom. The van der Waals surface area contributed by atoms with Crippen molar-refractivity contribution < 1.29 is 32.2 Å². The minimum Gasteiger partial charge on any atom is -0.481 e. The molecule has 0 bridgehead atoms. The van der Waals surface area contributed by atoms with Gasteiger partial charge in [-0.25, -0.2) is 4.79 Å². The van der Waals surface area contributed by atoms with Crippen molar-refractivity contribution >= 4 is 23.4 Å². The number of ether oxygens (including phenoxy) is 2. The van der Waals surface area contributed by atoms with Crippen LogP contribution in [-0.4, -0.2) is 25.5 Å². The third-order valence-electron chi connectivity index (χ3n) is 3.24. The SMILES string of the molecule is COC(=O)COc1ccc(Cl)cc1C(=O)c1ccccc1C(F)(F)F. The van der Waals surface area contributed by atoms with Crippen LogP contribution in [0.15, 0.2) is 42.5 Å². The summed E-state index contributed by atoms with van der Waals surface area (Å²) >= 11 is 5.85. The van der Waals surface area contributed by atoms with Crippen LogP contribution in [0.2, 0.25) is 5.02 Å². The van der Waals surface area contributed by atoms with Gasteiger partial charge in [-0.3, -0.25) is 4.79 Å². The maximum atomic E-state index is 13.1. The van der Waals surface area contributed by atoms with Gasteiger partial charge in [0, 0.05) is 10.6 Å². The Kier molecular flexibility index (Phi) is 5.69. The number of rotatable bonds is 5. The summed E-state index contributed by atoms with van der Waals surface area (Å²) in [6, 6.07) is 8.26. The lowest BCUT2D eigenvalue weighted by molar-refractivity contribution is -0.143. The molecular weight excluding hydrogens is 361 g/mol. The van der Waals surface area contributed by atoms with Crippen LogP contribution in [0.25, 0.3) is 0 Å². The summed E-state index contributed by atoms with van der Waals surface area (Å²) in [5.41, 5.74) is -1.80. The molecule has 0 fully saturated rings. The Morgan fingerprint density at radius 3 is 2.40 bits per heavy atom. The Labute approximate surface area is 146 Å². The Hall–Kier alpha value is -2.54. The van der Waals surface area contributed by atoms with Gasteiger partial charge in [0.15, 0.2) is 12.4 Å². The molecule has 2 rings (SSSR count). The van der Waals surface area contributed by atoms with Gasteiger partial charge in [0.1, 0.15) is 5.75 Å². The first-order valence-corrected chi connectivity index (χ1v) is 7.32. The second-order valence-electron chi connectivity index (χ2n) is 4.88. The van der Waals surface area contributed by atoms with Crippen molar-refractivity contribution in [3.8, 4) is 5.75 Å². The summed E-state index contributed by atoms with van der Waals surface area (Å²) in [7, 11) is 1.15. The molecule has 2 aromatic carbocycles. The first-order valence-electron chi connectivity index (χ1n) is 6.94. The Morgan fingerprint density at radius 1 is 1.08 bits per heavy atom. The molecule has 2 aromatic rings. The summed E-state index contributed by atoms with van der Waals surface area (Å²) in [5.74, 6) is -1.70. The Balaban J connectivity index is 2.46. The quantitative estimate of drug-likeness (QED) is 0.584. The first-order chi connectivity index (χ1) is 11.7. The molecule has 0 aliphatic carbocycles. The molecule has 0 atom stereocenters. The third kappa shape index (κ3) is 4.51. The molecule has 25 heavy (non-hydrogen) atoms. The number of carbonyl (C=O) groups is 2. The standard InChI is InChI=1S/C17H12ClF3O4/c1-24-15(22)9-25-14-7-6-10(18)8-12(14)16(23)11-4-2-3-5-13(11)17(19,20)21/h2-8H,9H2,1H3. The van der Waals surface area contributed by atoms with E-state index in [0.717, 1.165) is 19.2 Å². The molecular formula is C17H12ClF3O4. The highest BCUT2D eigenvalue weighted by Crippen LogP contribution is 2.34. The smallest absolute Gasteiger partial charge is 0.417 e. The number of methoxy groups -OCH3 is 1. The van der Waals surface area contributed by atoms with Crippen LogP contribution < -0.4 is 4.74 Å². The minimum atomic E-state index is -4.70. The summed E-state index contributed by atoms with van der Waals surface area (Å²) in [5, 5.41) is 0.137. The van der Waals surface area contributed by atoms with Gasteiger partial charge in [-0.05, 0) is 24.3 Å².